The second-order valence-electron chi connectivity index (χ2n) is 2.78. The quantitative estimate of drug-likeness (QED) is 0.687. The molecule has 4 heteroatoms. The van der Waals surface area contributed by atoms with E-state index in [1.807, 2.05) is 0 Å². The van der Waals surface area contributed by atoms with Crippen LogP contribution < -0.4 is 4.74 Å². The van der Waals surface area contributed by atoms with Gasteiger partial charge in [0, 0.05) is 0 Å². The van der Waals surface area contributed by atoms with Crippen LogP contribution in [0.25, 0.3) is 0 Å². The second-order valence-corrected chi connectivity index (χ2v) is 2.78. The van der Waals surface area contributed by atoms with Crippen LogP contribution in [0.3, 0.4) is 0 Å². The number of halogens is 3. The molecular weight excluding hydrogens is 205 g/mol. The fourth-order valence-corrected chi connectivity index (χ4v) is 0.990. The van der Waals surface area contributed by atoms with Crippen molar-refractivity contribution in [1.29, 1.82) is 0 Å². The van der Waals surface area contributed by atoms with Gasteiger partial charge in [-0.3, -0.25) is 0 Å². The Labute approximate surface area is 85.9 Å². The molecule has 0 fully saturated rings. The van der Waals surface area contributed by atoms with E-state index in [1.165, 1.54) is 6.07 Å². The van der Waals surface area contributed by atoms with Gasteiger partial charge in [-0.05, 0) is 19.1 Å². The Bertz CT molecular complexity index is 385. The number of hydrogen-bond donors (Lipinski definition) is 0. The van der Waals surface area contributed by atoms with Crippen molar-refractivity contribution in [2.45, 2.75) is 13.1 Å². The molecule has 0 unspecified atom stereocenters. The van der Waals surface area contributed by atoms with E-state index in [0.717, 1.165) is 0 Å². The topological polar surface area (TPSA) is 9.23 Å². The summed E-state index contributed by atoms with van der Waals surface area (Å²) in [5.74, 6) is 5.44. The zero-order valence-electron chi connectivity index (χ0n) is 8.06. The van der Waals surface area contributed by atoms with Gasteiger partial charge in [-0.15, -0.1) is 5.92 Å². The number of alkyl halides is 3. The molecule has 1 aromatic carbocycles. The number of hydrogen-bond acceptors (Lipinski definition) is 1. The normalized spacial score (nSPS) is 10.4. The molecule has 0 bridgehead atoms. The van der Waals surface area contributed by atoms with Crippen LogP contribution in [-0.4, -0.2) is 12.8 Å². The summed E-state index contributed by atoms with van der Waals surface area (Å²) in [4.78, 5) is 0. The number of rotatable bonds is 2. The molecule has 0 aliphatic rings. The van der Waals surface area contributed by atoms with Crippen molar-refractivity contribution in [3.05, 3.63) is 29.8 Å². The van der Waals surface area contributed by atoms with Gasteiger partial charge in [-0.1, -0.05) is 18.1 Å². The highest BCUT2D eigenvalue weighted by Crippen LogP contribution is 2.21. The molecule has 0 saturated heterocycles. The average molecular weight is 214 g/mol. The summed E-state index contributed by atoms with van der Waals surface area (Å²) in [6.07, 6.45) is -4.33. The summed E-state index contributed by atoms with van der Waals surface area (Å²) in [5.41, 5.74) is 0.462. The van der Waals surface area contributed by atoms with Gasteiger partial charge in [-0.25, -0.2) is 0 Å². The SMILES string of the molecule is CC#Cc1ccccc1OCC(F)(F)F. The molecule has 0 radical (unpaired) electrons. The van der Waals surface area contributed by atoms with Crippen molar-refractivity contribution in [3.8, 4) is 17.6 Å². The Morgan fingerprint density at radius 3 is 2.53 bits per heavy atom. The lowest BCUT2D eigenvalue weighted by atomic mass is 10.2. The Morgan fingerprint density at radius 1 is 1.27 bits per heavy atom. The first kappa shape index (κ1) is 11.4. The molecule has 0 aromatic heterocycles. The molecule has 0 aliphatic carbocycles. The van der Waals surface area contributed by atoms with Crippen molar-refractivity contribution in [2.75, 3.05) is 6.61 Å². The Balaban J connectivity index is 2.79. The van der Waals surface area contributed by atoms with Crippen LogP contribution in [0.5, 0.6) is 5.75 Å². The Hall–Kier alpha value is -1.63. The first-order valence-electron chi connectivity index (χ1n) is 4.24. The van der Waals surface area contributed by atoms with E-state index >= 15 is 0 Å². The van der Waals surface area contributed by atoms with Gasteiger partial charge < -0.3 is 4.74 Å². The maximum absolute atomic E-state index is 11.9. The van der Waals surface area contributed by atoms with E-state index < -0.39 is 12.8 Å². The summed E-state index contributed by atoms with van der Waals surface area (Å²) < 4.78 is 40.3. The molecule has 1 aromatic rings. The monoisotopic (exact) mass is 214 g/mol. The molecule has 0 N–H and O–H groups in total. The zero-order chi connectivity index (χ0) is 11.3. The highest BCUT2D eigenvalue weighted by Gasteiger charge is 2.28. The van der Waals surface area contributed by atoms with Gasteiger partial charge in [0.05, 0.1) is 5.56 Å². The fourth-order valence-electron chi connectivity index (χ4n) is 0.990. The number of ether oxygens (including phenoxy) is 1. The first-order chi connectivity index (χ1) is 7.03. The lowest BCUT2D eigenvalue weighted by Crippen LogP contribution is -2.19. The van der Waals surface area contributed by atoms with Crippen LogP contribution in [0.4, 0.5) is 13.2 Å². The van der Waals surface area contributed by atoms with E-state index in [9.17, 15) is 13.2 Å². The van der Waals surface area contributed by atoms with Crippen molar-refractivity contribution >= 4 is 0 Å². The summed E-state index contributed by atoms with van der Waals surface area (Å²) >= 11 is 0. The van der Waals surface area contributed by atoms with Crippen LogP contribution in [0.1, 0.15) is 12.5 Å². The molecule has 0 spiro atoms. The Kier molecular flexibility index (Phi) is 3.62. The second kappa shape index (κ2) is 4.74. The van der Waals surface area contributed by atoms with Gasteiger partial charge in [-0.2, -0.15) is 13.2 Å². The standard InChI is InChI=1S/C11H9F3O/c1-2-5-9-6-3-4-7-10(9)15-8-11(12,13)14/h3-4,6-7H,8H2,1H3. The third-order valence-electron chi connectivity index (χ3n) is 1.54. The third-order valence-corrected chi connectivity index (χ3v) is 1.54. The van der Waals surface area contributed by atoms with Crippen molar-refractivity contribution in [3.63, 3.8) is 0 Å². The van der Waals surface area contributed by atoms with E-state index in [1.54, 1.807) is 25.1 Å². The third kappa shape index (κ3) is 3.94. The molecule has 0 heterocycles. The largest absolute Gasteiger partial charge is 0.483 e. The maximum Gasteiger partial charge on any atom is 0.422 e. The van der Waals surface area contributed by atoms with Gasteiger partial charge in [0.1, 0.15) is 5.75 Å². The molecule has 0 saturated carbocycles. The van der Waals surface area contributed by atoms with E-state index in [2.05, 4.69) is 16.6 Å². The highest BCUT2D eigenvalue weighted by atomic mass is 19.4. The van der Waals surface area contributed by atoms with Gasteiger partial charge in [0.15, 0.2) is 6.61 Å². The molecular formula is C11H9F3O. The molecule has 15 heavy (non-hydrogen) atoms. The minimum atomic E-state index is -4.33. The zero-order valence-corrected chi connectivity index (χ0v) is 8.06. The summed E-state index contributed by atoms with van der Waals surface area (Å²) in [6.45, 7) is 0.315. The fraction of sp³-hybridized carbons (Fsp3) is 0.273. The van der Waals surface area contributed by atoms with Gasteiger partial charge in [0.2, 0.25) is 0 Å². The van der Waals surface area contributed by atoms with E-state index in [0.29, 0.717) is 5.56 Å². The number of benzene rings is 1. The molecule has 80 valence electrons. The summed E-state index contributed by atoms with van der Waals surface area (Å²) in [7, 11) is 0. The minimum Gasteiger partial charge on any atom is -0.483 e. The predicted molar refractivity (Wildman–Crippen MR) is 50.5 cm³/mol. The average Bonchev–Trinajstić information content (AvgIpc) is 2.16. The van der Waals surface area contributed by atoms with E-state index in [-0.39, 0.29) is 5.75 Å². The van der Waals surface area contributed by atoms with Crippen molar-refractivity contribution in [1.82, 2.24) is 0 Å². The lowest BCUT2D eigenvalue weighted by Gasteiger charge is -2.10. The summed E-state index contributed by atoms with van der Waals surface area (Å²) in [6, 6.07) is 6.38. The molecule has 1 nitrogen and oxygen atoms in total. The molecule has 0 amide bonds. The smallest absolute Gasteiger partial charge is 0.422 e. The minimum absolute atomic E-state index is 0.157. The predicted octanol–water partition coefficient (Wildman–Crippen LogP) is 3.00. The lowest BCUT2D eigenvalue weighted by molar-refractivity contribution is -0.153. The molecule has 0 atom stereocenters. The molecule has 0 aliphatic heterocycles. The first-order valence-corrected chi connectivity index (χ1v) is 4.24. The van der Waals surface area contributed by atoms with Crippen LogP contribution in [0, 0.1) is 11.8 Å². The van der Waals surface area contributed by atoms with E-state index in [4.69, 9.17) is 0 Å². The number of para-hydroxylation sites is 1. The highest BCUT2D eigenvalue weighted by molar-refractivity contribution is 5.45. The van der Waals surface area contributed by atoms with Crippen LogP contribution >= 0.6 is 0 Å². The molecule has 1 rings (SSSR count). The Morgan fingerprint density at radius 2 is 1.93 bits per heavy atom. The maximum atomic E-state index is 11.9. The summed E-state index contributed by atoms with van der Waals surface area (Å²) in [5, 5.41) is 0. The van der Waals surface area contributed by atoms with Crippen LogP contribution in [0.15, 0.2) is 24.3 Å². The van der Waals surface area contributed by atoms with Crippen LogP contribution in [0.2, 0.25) is 0 Å². The van der Waals surface area contributed by atoms with Crippen molar-refractivity contribution in [2.24, 2.45) is 0 Å². The van der Waals surface area contributed by atoms with Gasteiger partial charge in [0.25, 0.3) is 0 Å². The van der Waals surface area contributed by atoms with Crippen molar-refractivity contribution < 1.29 is 17.9 Å². The van der Waals surface area contributed by atoms with Gasteiger partial charge >= 0.3 is 6.18 Å². The van der Waals surface area contributed by atoms with Crippen LogP contribution in [-0.2, 0) is 0 Å².